The Morgan fingerprint density at radius 1 is 1.17 bits per heavy atom. The van der Waals surface area contributed by atoms with Crippen LogP contribution in [0.25, 0.3) is 0 Å². The van der Waals surface area contributed by atoms with Gasteiger partial charge in [-0.2, -0.15) is 0 Å². The van der Waals surface area contributed by atoms with Gasteiger partial charge < -0.3 is 20.3 Å². The highest BCUT2D eigenvalue weighted by molar-refractivity contribution is 5.91. The molecule has 3 amide bonds. The van der Waals surface area contributed by atoms with E-state index in [4.69, 9.17) is 4.74 Å². The first kappa shape index (κ1) is 18.1. The van der Waals surface area contributed by atoms with Gasteiger partial charge in [0.2, 0.25) is 5.91 Å². The van der Waals surface area contributed by atoms with Gasteiger partial charge in [0, 0.05) is 24.5 Å². The number of carbonyl (C=O) groups excluding carboxylic acids is 2. The smallest absolute Gasteiger partial charge is 0.321 e. The van der Waals surface area contributed by atoms with Crippen molar-refractivity contribution in [2.75, 3.05) is 25.5 Å². The van der Waals surface area contributed by atoms with E-state index in [1.165, 1.54) is 0 Å². The van der Waals surface area contributed by atoms with Crippen LogP contribution in [0.1, 0.15) is 33.6 Å². The summed E-state index contributed by atoms with van der Waals surface area (Å²) in [5.74, 6) is 0.692. The standard InChI is InChI=1S/C18H27N3O3/c1-18(2,3)16(22)19-13-9-11-21(12-10-13)17(23)20-14-7-5-6-8-15(14)24-4/h5-8,13H,9-12H2,1-4H3,(H,19,22)(H,20,23). The number of benzene rings is 1. The Morgan fingerprint density at radius 3 is 2.38 bits per heavy atom. The summed E-state index contributed by atoms with van der Waals surface area (Å²) in [6, 6.07) is 7.33. The third-order valence-corrected chi connectivity index (χ3v) is 4.15. The Kier molecular flexibility index (Phi) is 5.70. The lowest BCUT2D eigenvalue weighted by molar-refractivity contribution is -0.129. The minimum atomic E-state index is -0.391. The molecule has 6 nitrogen and oxygen atoms in total. The fourth-order valence-electron chi connectivity index (χ4n) is 2.57. The summed E-state index contributed by atoms with van der Waals surface area (Å²) < 4.78 is 5.25. The van der Waals surface area contributed by atoms with Crippen molar-refractivity contribution in [3.63, 3.8) is 0 Å². The maximum atomic E-state index is 12.4. The normalized spacial score (nSPS) is 15.8. The quantitative estimate of drug-likeness (QED) is 0.893. The molecule has 1 aliphatic rings. The molecule has 24 heavy (non-hydrogen) atoms. The van der Waals surface area contributed by atoms with Crippen LogP contribution in [0.4, 0.5) is 10.5 Å². The molecule has 6 heteroatoms. The van der Waals surface area contributed by atoms with Gasteiger partial charge in [0.25, 0.3) is 0 Å². The minimum Gasteiger partial charge on any atom is -0.495 e. The zero-order valence-electron chi connectivity index (χ0n) is 14.9. The number of likely N-dealkylation sites (tertiary alicyclic amines) is 1. The van der Waals surface area contributed by atoms with E-state index in [1.54, 1.807) is 12.0 Å². The van der Waals surface area contributed by atoms with Crippen molar-refractivity contribution < 1.29 is 14.3 Å². The second-order valence-electron chi connectivity index (χ2n) is 7.12. The number of carbonyl (C=O) groups is 2. The number of anilines is 1. The van der Waals surface area contributed by atoms with E-state index in [1.807, 2.05) is 45.0 Å². The van der Waals surface area contributed by atoms with E-state index in [0.717, 1.165) is 12.8 Å². The number of hydrogen-bond donors (Lipinski definition) is 2. The third kappa shape index (κ3) is 4.63. The van der Waals surface area contributed by atoms with Crippen molar-refractivity contribution in [2.45, 2.75) is 39.7 Å². The molecule has 0 atom stereocenters. The number of amides is 3. The van der Waals surface area contributed by atoms with Gasteiger partial charge in [-0.1, -0.05) is 32.9 Å². The summed E-state index contributed by atoms with van der Waals surface area (Å²) >= 11 is 0. The van der Waals surface area contributed by atoms with Crippen molar-refractivity contribution in [3.05, 3.63) is 24.3 Å². The van der Waals surface area contributed by atoms with E-state index in [2.05, 4.69) is 10.6 Å². The molecule has 1 aromatic rings. The fourth-order valence-corrected chi connectivity index (χ4v) is 2.57. The van der Waals surface area contributed by atoms with Crippen LogP contribution in [0.5, 0.6) is 5.75 Å². The number of rotatable bonds is 3. The SMILES string of the molecule is COc1ccccc1NC(=O)N1CCC(NC(=O)C(C)(C)C)CC1. The van der Waals surface area contributed by atoms with Crippen molar-refractivity contribution in [1.82, 2.24) is 10.2 Å². The molecule has 1 fully saturated rings. The van der Waals surface area contributed by atoms with Crippen LogP contribution in [-0.4, -0.2) is 43.1 Å². The molecule has 132 valence electrons. The van der Waals surface area contributed by atoms with Crippen molar-refractivity contribution in [3.8, 4) is 5.75 Å². The van der Waals surface area contributed by atoms with Crippen LogP contribution in [0.15, 0.2) is 24.3 Å². The van der Waals surface area contributed by atoms with Crippen LogP contribution in [0.3, 0.4) is 0 Å². The van der Waals surface area contributed by atoms with Gasteiger partial charge in [-0.3, -0.25) is 4.79 Å². The van der Waals surface area contributed by atoms with Gasteiger partial charge in [-0.05, 0) is 25.0 Å². The fraction of sp³-hybridized carbons (Fsp3) is 0.556. The summed E-state index contributed by atoms with van der Waals surface area (Å²) in [7, 11) is 1.58. The second-order valence-corrected chi connectivity index (χ2v) is 7.12. The van der Waals surface area contributed by atoms with Crippen molar-refractivity contribution in [2.24, 2.45) is 5.41 Å². The second kappa shape index (κ2) is 7.55. The van der Waals surface area contributed by atoms with E-state index in [0.29, 0.717) is 24.5 Å². The van der Waals surface area contributed by atoms with Gasteiger partial charge in [0.05, 0.1) is 12.8 Å². The lowest BCUT2D eigenvalue weighted by atomic mass is 9.94. The van der Waals surface area contributed by atoms with Gasteiger partial charge in [0.15, 0.2) is 0 Å². The molecule has 1 aromatic carbocycles. The maximum absolute atomic E-state index is 12.4. The molecule has 2 N–H and O–H groups in total. The van der Waals surface area contributed by atoms with Crippen molar-refractivity contribution in [1.29, 1.82) is 0 Å². The zero-order chi connectivity index (χ0) is 17.7. The highest BCUT2D eigenvalue weighted by Crippen LogP contribution is 2.24. The number of piperidine rings is 1. The minimum absolute atomic E-state index is 0.0550. The van der Waals surface area contributed by atoms with E-state index in [-0.39, 0.29) is 18.0 Å². The molecule has 1 saturated heterocycles. The van der Waals surface area contributed by atoms with Gasteiger partial charge >= 0.3 is 6.03 Å². The average Bonchev–Trinajstić information content (AvgIpc) is 2.55. The number of ether oxygens (including phenoxy) is 1. The molecule has 0 aliphatic carbocycles. The van der Waals surface area contributed by atoms with Crippen LogP contribution in [0, 0.1) is 5.41 Å². The topological polar surface area (TPSA) is 70.7 Å². The number of nitrogens with one attached hydrogen (secondary N) is 2. The van der Waals surface area contributed by atoms with Crippen molar-refractivity contribution >= 4 is 17.6 Å². The number of hydrogen-bond acceptors (Lipinski definition) is 3. The van der Waals surface area contributed by atoms with Crippen LogP contribution in [0.2, 0.25) is 0 Å². The lowest BCUT2D eigenvalue weighted by Crippen LogP contribution is -2.49. The molecule has 1 aliphatic heterocycles. The Labute approximate surface area is 143 Å². The van der Waals surface area contributed by atoms with Crippen LogP contribution in [-0.2, 0) is 4.79 Å². The molecule has 1 heterocycles. The molecule has 0 radical (unpaired) electrons. The Hall–Kier alpha value is -2.24. The van der Waals surface area contributed by atoms with E-state index < -0.39 is 5.41 Å². The molecule has 0 aromatic heterocycles. The number of para-hydroxylation sites is 2. The van der Waals surface area contributed by atoms with E-state index >= 15 is 0 Å². The molecule has 0 bridgehead atoms. The first-order valence-corrected chi connectivity index (χ1v) is 8.31. The third-order valence-electron chi connectivity index (χ3n) is 4.15. The molecule has 0 spiro atoms. The number of nitrogens with zero attached hydrogens (tertiary/aromatic N) is 1. The average molecular weight is 333 g/mol. The van der Waals surface area contributed by atoms with E-state index in [9.17, 15) is 9.59 Å². The summed E-state index contributed by atoms with van der Waals surface area (Å²) in [5.41, 5.74) is 0.270. The molecule has 0 saturated carbocycles. The summed E-state index contributed by atoms with van der Waals surface area (Å²) in [4.78, 5) is 26.2. The molecular weight excluding hydrogens is 306 g/mol. The predicted octanol–water partition coefficient (Wildman–Crippen LogP) is 2.85. The van der Waals surface area contributed by atoms with Crippen LogP contribution >= 0.6 is 0 Å². The van der Waals surface area contributed by atoms with Crippen LogP contribution < -0.4 is 15.4 Å². The zero-order valence-corrected chi connectivity index (χ0v) is 14.9. The highest BCUT2D eigenvalue weighted by atomic mass is 16.5. The number of methoxy groups -OCH3 is 1. The first-order chi connectivity index (χ1) is 11.3. The molecular formula is C18H27N3O3. The van der Waals surface area contributed by atoms with Gasteiger partial charge in [-0.25, -0.2) is 4.79 Å². The lowest BCUT2D eigenvalue weighted by Gasteiger charge is -2.33. The Morgan fingerprint density at radius 2 is 1.79 bits per heavy atom. The molecule has 0 unspecified atom stereocenters. The highest BCUT2D eigenvalue weighted by Gasteiger charge is 2.28. The monoisotopic (exact) mass is 333 g/mol. The number of urea groups is 1. The maximum Gasteiger partial charge on any atom is 0.321 e. The summed E-state index contributed by atoms with van der Waals surface area (Å²) in [6.45, 7) is 6.95. The van der Waals surface area contributed by atoms with Gasteiger partial charge in [-0.15, -0.1) is 0 Å². The summed E-state index contributed by atoms with van der Waals surface area (Å²) in [6.07, 6.45) is 1.53. The largest absolute Gasteiger partial charge is 0.495 e. The van der Waals surface area contributed by atoms with Gasteiger partial charge in [0.1, 0.15) is 5.75 Å². The Balaban J connectivity index is 1.86. The molecule has 2 rings (SSSR count). The first-order valence-electron chi connectivity index (χ1n) is 8.31. The predicted molar refractivity (Wildman–Crippen MR) is 94.2 cm³/mol. The Bertz CT molecular complexity index is 587. The summed E-state index contributed by atoms with van der Waals surface area (Å²) in [5, 5.41) is 5.95.